The van der Waals surface area contributed by atoms with Gasteiger partial charge >= 0.3 is 0 Å². The molecule has 0 saturated heterocycles. The molecule has 0 bridgehead atoms. The van der Waals surface area contributed by atoms with Crippen molar-refractivity contribution in [3.8, 4) is 44.5 Å². The van der Waals surface area contributed by atoms with Crippen LogP contribution >= 0.6 is 0 Å². The normalized spacial score (nSPS) is 13.3. The van der Waals surface area contributed by atoms with Crippen molar-refractivity contribution in [2.75, 3.05) is 19.3 Å². The predicted octanol–water partition coefficient (Wildman–Crippen LogP) is 13.6. The zero-order valence-electron chi connectivity index (χ0n) is 32.4. The second-order valence-electron chi connectivity index (χ2n) is 14.5. The molecule has 0 fully saturated rings. The summed E-state index contributed by atoms with van der Waals surface area (Å²) in [6.07, 6.45) is 10.2. The Morgan fingerprint density at radius 1 is 0.424 bits per heavy atom. The van der Waals surface area contributed by atoms with Crippen molar-refractivity contribution in [3.63, 3.8) is 0 Å². The average Bonchev–Trinajstić information content (AvgIpc) is 3.29. The van der Waals surface area contributed by atoms with Crippen molar-refractivity contribution < 1.29 is 0 Å². The van der Waals surface area contributed by atoms with Gasteiger partial charge in [-0.2, -0.15) is 0 Å². The number of hydrogen-bond acceptors (Lipinski definition) is 4. The Morgan fingerprint density at radius 2 is 0.780 bits per heavy atom. The van der Waals surface area contributed by atoms with Gasteiger partial charge in [0.05, 0.1) is 11.4 Å². The predicted molar refractivity (Wildman–Crippen MR) is 253 cm³/mol. The van der Waals surface area contributed by atoms with E-state index in [0.717, 1.165) is 56.8 Å². The third kappa shape index (κ3) is 9.36. The van der Waals surface area contributed by atoms with Crippen LogP contribution in [0.15, 0.2) is 212 Å². The largest absolute Gasteiger partial charge is 0.399 e. The molecule has 4 heteroatoms. The number of nitrogens with one attached hydrogen (secondary N) is 2. The standard InChI is InChI=1S/C42H30N2.C12H14N2.CH4/c43-41-28-39(37-21-19-35(20-22-37)33-15-11-31(12-16-33)29-7-3-1-4-8-29)27-40(42(41)44)38-25-23-36(24-26-38)34-17-13-32(14-18-34)30-9-5-2-6-10-30;1-14-8-6-11(7-9-14)10-2-4-12(13)5-3-10;/h1-28,43-44H;2-8H,9,13H2,1H3;1H4. The quantitative estimate of drug-likeness (QED) is 0.112. The fraction of sp³-hybridized carbons (Fsp3) is 0.0545. The molecule has 0 unspecified atom stereocenters. The van der Waals surface area contributed by atoms with Crippen LogP contribution in [0.3, 0.4) is 0 Å². The maximum Gasteiger partial charge on any atom is 0.0867 e. The number of nitrogens with two attached hydrogens (primary N) is 1. The second-order valence-corrected chi connectivity index (χ2v) is 14.5. The van der Waals surface area contributed by atoms with Crippen LogP contribution in [0.2, 0.25) is 0 Å². The fourth-order valence-electron chi connectivity index (χ4n) is 7.17. The number of allylic oxidation sites excluding steroid dienone is 6. The molecule has 7 aromatic carbocycles. The molecule has 7 aromatic rings. The first-order valence-electron chi connectivity index (χ1n) is 19.5. The number of likely N-dealkylation sites (N-methyl/N-ethyl adjacent to an activating group) is 1. The van der Waals surface area contributed by atoms with Crippen molar-refractivity contribution in [2.24, 2.45) is 0 Å². The second kappa shape index (κ2) is 18.1. The van der Waals surface area contributed by atoms with E-state index in [0.29, 0.717) is 0 Å². The van der Waals surface area contributed by atoms with Crippen molar-refractivity contribution >= 4 is 33.8 Å². The third-order valence-electron chi connectivity index (χ3n) is 10.6. The van der Waals surface area contributed by atoms with Gasteiger partial charge in [-0.25, -0.2) is 0 Å². The lowest BCUT2D eigenvalue weighted by Crippen LogP contribution is -2.15. The van der Waals surface area contributed by atoms with Gasteiger partial charge in [0, 0.05) is 24.9 Å². The fourth-order valence-corrected chi connectivity index (χ4v) is 7.17. The summed E-state index contributed by atoms with van der Waals surface area (Å²) in [4.78, 5) is 2.14. The minimum Gasteiger partial charge on any atom is -0.399 e. The van der Waals surface area contributed by atoms with E-state index >= 15 is 0 Å². The van der Waals surface area contributed by atoms with Crippen LogP contribution < -0.4 is 5.73 Å². The van der Waals surface area contributed by atoms with Gasteiger partial charge in [-0.05, 0) is 109 Å². The molecule has 0 atom stereocenters. The maximum atomic E-state index is 8.65. The number of anilines is 1. The van der Waals surface area contributed by atoms with Crippen LogP contribution in [-0.2, 0) is 0 Å². The van der Waals surface area contributed by atoms with Gasteiger partial charge in [0.15, 0.2) is 0 Å². The minimum atomic E-state index is 0. The molecule has 1 aliphatic carbocycles. The summed E-state index contributed by atoms with van der Waals surface area (Å²) in [5.74, 6) is 0. The Bertz CT molecular complexity index is 2670. The molecule has 1 aliphatic heterocycles. The Balaban J connectivity index is 0.000000298. The Hall–Kier alpha value is -7.56. The van der Waals surface area contributed by atoms with Crippen molar-refractivity contribution in [1.82, 2.24) is 4.90 Å². The summed E-state index contributed by atoms with van der Waals surface area (Å²) in [5, 5.41) is 17.2. The summed E-state index contributed by atoms with van der Waals surface area (Å²) < 4.78 is 0. The number of hydrogen-bond donors (Lipinski definition) is 3. The first kappa shape index (κ1) is 39.7. The van der Waals surface area contributed by atoms with E-state index in [1.807, 2.05) is 30.3 Å². The lowest BCUT2D eigenvalue weighted by atomic mass is 9.87. The average molecular weight is 765 g/mol. The summed E-state index contributed by atoms with van der Waals surface area (Å²) >= 11 is 0. The first-order chi connectivity index (χ1) is 28.4. The van der Waals surface area contributed by atoms with Gasteiger partial charge in [-0.3, -0.25) is 10.8 Å². The van der Waals surface area contributed by atoms with E-state index in [4.69, 9.17) is 16.6 Å². The van der Waals surface area contributed by atoms with Crippen LogP contribution in [0.1, 0.15) is 24.1 Å². The molecule has 0 spiro atoms. The van der Waals surface area contributed by atoms with Crippen LogP contribution in [0.25, 0.3) is 61.2 Å². The van der Waals surface area contributed by atoms with E-state index in [1.165, 1.54) is 33.4 Å². The number of rotatable bonds is 7. The van der Waals surface area contributed by atoms with E-state index in [1.54, 1.807) is 6.08 Å². The molecule has 2 aliphatic rings. The van der Waals surface area contributed by atoms with Crippen molar-refractivity contribution in [2.45, 2.75) is 7.43 Å². The van der Waals surface area contributed by atoms with Gasteiger partial charge in [0.25, 0.3) is 0 Å². The molecule has 288 valence electrons. The van der Waals surface area contributed by atoms with Crippen LogP contribution in [0.5, 0.6) is 0 Å². The lowest BCUT2D eigenvalue weighted by Gasteiger charge is -2.17. The van der Waals surface area contributed by atoms with E-state index < -0.39 is 0 Å². The summed E-state index contributed by atoms with van der Waals surface area (Å²) in [6.45, 7) is 0.968. The van der Waals surface area contributed by atoms with E-state index in [9.17, 15) is 0 Å². The Labute approximate surface area is 348 Å². The van der Waals surface area contributed by atoms with Crippen molar-refractivity contribution in [3.05, 3.63) is 229 Å². The van der Waals surface area contributed by atoms with E-state index in [-0.39, 0.29) is 18.9 Å². The molecule has 59 heavy (non-hydrogen) atoms. The molecule has 4 N–H and O–H groups in total. The molecule has 4 nitrogen and oxygen atoms in total. The number of benzene rings is 7. The molecular formula is C55H48N4. The lowest BCUT2D eigenvalue weighted by molar-refractivity contribution is 0.506. The Kier molecular flexibility index (Phi) is 12.2. The summed E-state index contributed by atoms with van der Waals surface area (Å²) in [5.41, 5.74) is 22.4. The zero-order chi connectivity index (χ0) is 39.8. The molecule has 0 radical (unpaired) electrons. The van der Waals surface area contributed by atoms with Crippen molar-refractivity contribution in [1.29, 1.82) is 10.8 Å². The van der Waals surface area contributed by atoms with Gasteiger partial charge in [0.1, 0.15) is 0 Å². The first-order valence-corrected chi connectivity index (χ1v) is 19.5. The van der Waals surface area contributed by atoms with Crippen LogP contribution in [-0.4, -0.2) is 29.9 Å². The van der Waals surface area contributed by atoms with Crippen LogP contribution in [0, 0.1) is 10.8 Å². The Morgan fingerprint density at radius 3 is 1.19 bits per heavy atom. The molecule has 1 heterocycles. The molecule has 9 rings (SSSR count). The van der Waals surface area contributed by atoms with Gasteiger partial charge < -0.3 is 10.6 Å². The van der Waals surface area contributed by atoms with Crippen LogP contribution in [0.4, 0.5) is 5.69 Å². The van der Waals surface area contributed by atoms with Gasteiger partial charge in [-0.15, -0.1) is 0 Å². The smallest absolute Gasteiger partial charge is 0.0867 e. The monoisotopic (exact) mass is 764 g/mol. The highest BCUT2D eigenvalue weighted by Crippen LogP contribution is 2.32. The highest BCUT2D eigenvalue weighted by atomic mass is 15.1. The number of nitrogen functional groups attached to an aromatic ring is 1. The number of nitrogens with zero attached hydrogens (tertiary/aromatic N) is 1. The van der Waals surface area contributed by atoms with Gasteiger partial charge in [0.2, 0.25) is 0 Å². The van der Waals surface area contributed by atoms with Gasteiger partial charge in [-0.1, -0.05) is 183 Å². The maximum absolute atomic E-state index is 8.65. The highest BCUT2D eigenvalue weighted by Gasteiger charge is 2.19. The molecule has 0 aromatic heterocycles. The molecular weight excluding hydrogens is 717 g/mol. The highest BCUT2D eigenvalue weighted by molar-refractivity contribution is 6.61. The third-order valence-corrected chi connectivity index (χ3v) is 10.6. The summed E-state index contributed by atoms with van der Waals surface area (Å²) in [7, 11) is 2.06. The summed E-state index contributed by atoms with van der Waals surface area (Å²) in [6, 6.07) is 62.8. The molecule has 0 amide bonds. The molecule has 0 saturated carbocycles. The minimum absolute atomic E-state index is 0. The topological polar surface area (TPSA) is 77.0 Å². The zero-order valence-corrected chi connectivity index (χ0v) is 32.4. The van der Waals surface area contributed by atoms with E-state index in [2.05, 4.69) is 188 Å². The SMILES string of the molecule is C.CN1C=CC(c2ccc(N)cc2)=CC1.N=C1C=C(c2ccc(-c3ccc(-c4ccccc4)cc3)cc2)C=C(c2ccc(-c3ccc(-c4ccccc4)cc3)cc2)C1=N.